The van der Waals surface area contributed by atoms with Crippen LogP contribution in [0.2, 0.25) is 0 Å². The fraction of sp³-hybridized carbons (Fsp3) is 0.278. The second kappa shape index (κ2) is 7.85. The lowest BCUT2D eigenvalue weighted by atomic mass is 10.1. The molecule has 0 aliphatic heterocycles. The summed E-state index contributed by atoms with van der Waals surface area (Å²) in [6.45, 7) is 4.79. The predicted molar refractivity (Wildman–Crippen MR) is 99.0 cm³/mol. The average Bonchev–Trinajstić information content (AvgIpc) is 2.60. The van der Waals surface area contributed by atoms with Gasteiger partial charge < -0.3 is 5.32 Å². The Balaban J connectivity index is 2.02. The van der Waals surface area contributed by atoms with Crippen molar-refractivity contribution in [3.8, 4) is 0 Å². The van der Waals surface area contributed by atoms with Crippen molar-refractivity contribution in [3.63, 3.8) is 0 Å². The average molecular weight is 392 g/mol. The molecule has 0 aromatic heterocycles. The minimum absolute atomic E-state index is 0.0330. The van der Waals surface area contributed by atoms with Crippen molar-refractivity contribution in [3.05, 3.63) is 69.8 Å². The Morgan fingerprint density at radius 1 is 1.11 bits per heavy atom. The first-order valence-electron chi connectivity index (χ1n) is 8.03. The topological polar surface area (TPSA) is 116 Å². The van der Waals surface area contributed by atoms with E-state index < -0.39 is 26.5 Å². The van der Waals surface area contributed by atoms with Crippen molar-refractivity contribution in [2.24, 2.45) is 0 Å². The number of nitrogens with one attached hydrogen (secondary N) is 1. The highest BCUT2D eigenvalue weighted by Gasteiger charge is 2.26. The zero-order valence-corrected chi connectivity index (χ0v) is 15.9. The molecule has 9 heteroatoms. The van der Waals surface area contributed by atoms with Crippen LogP contribution in [0, 0.1) is 17.0 Å². The van der Waals surface area contributed by atoms with E-state index >= 15 is 0 Å². The summed E-state index contributed by atoms with van der Waals surface area (Å²) < 4.78 is 29.6. The number of amides is 1. The number of hydrogen-bond acceptors (Lipinski definition) is 6. The molecular weight excluding hydrogens is 372 g/mol. The highest BCUT2D eigenvalue weighted by Crippen LogP contribution is 2.17. The van der Waals surface area contributed by atoms with E-state index in [1.54, 1.807) is 26.0 Å². The van der Waals surface area contributed by atoms with Crippen LogP contribution in [0.3, 0.4) is 0 Å². The Morgan fingerprint density at radius 3 is 2.19 bits per heavy atom. The van der Waals surface area contributed by atoms with Crippen LogP contribution >= 0.6 is 0 Å². The SMILES string of the molecule is Cc1ccc(S(=O)(=O)OCC(C)(C)NC(=O)c2ccc([N+](=O)[O-])cc2)cc1. The Morgan fingerprint density at radius 2 is 1.67 bits per heavy atom. The molecule has 1 amide bonds. The van der Waals surface area contributed by atoms with Gasteiger partial charge in [0.2, 0.25) is 0 Å². The van der Waals surface area contributed by atoms with E-state index in [0.29, 0.717) is 0 Å². The van der Waals surface area contributed by atoms with Gasteiger partial charge in [0.15, 0.2) is 0 Å². The van der Waals surface area contributed by atoms with E-state index in [-0.39, 0.29) is 22.8 Å². The normalized spacial score (nSPS) is 11.8. The van der Waals surface area contributed by atoms with Crippen molar-refractivity contribution >= 4 is 21.7 Å². The maximum absolute atomic E-state index is 12.3. The standard InChI is InChI=1S/C18H20N2O6S/c1-13-4-10-16(11-5-13)27(24,25)26-12-18(2,3)19-17(21)14-6-8-15(9-7-14)20(22)23/h4-11H,12H2,1-3H3,(H,19,21). The Labute approximate surface area is 157 Å². The molecule has 1 N–H and O–H groups in total. The minimum atomic E-state index is -3.95. The van der Waals surface area contributed by atoms with E-state index in [1.165, 1.54) is 36.4 Å². The van der Waals surface area contributed by atoms with Gasteiger partial charge in [-0.25, -0.2) is 0 Å². The highest BCUT2D eigenvalue weighted by atomic mass is 32.2. The first-order valence-corrected chi connectivity index (χ1v) is 9.44. The maximum atomic E-state index is 12.3. The first-order chi connectivity index (χ1) is 12.5. The number of rotatable bonds is 7. The minimum Gasteiger partial charge on any atom is -0.345 e. The zero-order valence-electron chi connectivity index (χ0n) is 15.1. The third kappa shape index (κ3) is 5.60. The molecular formula is C18H20N2O6S. The molecule has 0 aliphatic rings. The summed E-state index contributed by atoms with van der Waals surface area (Å²) in [5.41, 5.74) is 0.0226. The van der Waals surface area contributed by atoms with E-state index in [4.69, 9.17) is 4.18 Å². The molecule has 0 saturated heterocycles. The van der Waals surface area contributed by atoms with E-state index in [0.717, 1.165) is 5.56 Å². The van der Waals surface area contributed by atoms with Crippen LogP contribution in [-0.2, 0) is 14.3 Å². The summed E-state index contributed by atoms with van der Waals surface area (Å²) in [6, 6.07) is 11.3. The number of hydrogen-bond donors (Lipinski definition) is 1. The van der Waals surface area contributed by atoms with Crippen LogP contribution in [0.15, 0.2) is 53.4 Å². The summed E-state index contributed by atoms with van der Waals surface area (Å²) in [7, 11) is -3.95. The summed E-state index contributed by atoms with van der Waals surface area (Å²) in [4.78, 5) is 22.4. The predicted octanol–water partition coefficient (Wildman–Crippen LogP) is 2.82. The number of nitro groups is 1. The molecule has 8 nitrogen and oxygen atoms in total. The van der Waals surface area contributed by atoms with Crippen LogP contribution in [0.1, 0.15) is 29.8 Å². The van der Waals surface area contributed by atoms with Gasteiger partial charge >= 0.3 is 0 Å². The second-order valence-electron chi connectivity index (χ2n) is 6.67. The van der Waals surface area contributed by atoms with Crippen LogP contribution in [0.4, 0.5) is 5.69 Å². The molecule has 0 spiro atoms. The highest BCUT2D eigenvalue weighted by molar-refractivity contribution is 7.86. The van der Waals surface area contributed by atoms with Gasteiger partial charge in [-0.1, -0.05) is 17.7 Å². The Kier molecular flexibility index (Phi) is 5.97. The number of nitrogens with zero attached hydrogens (tertiary/aromatic N) is 1. The summed E-state index contributed by atoms with van der Waals surface area (Å²) in [5.74, 6) is -0.494. The van der Waals surface area contributed by atoms with Crippen molar-refractivity contribution < 1.29 is 22.3 Å². The van der Waals surface area contributed by atoms with Crippen LogP contribution in [0.5, 0.6) is 0 Å². The number of benzene rings is 2. The number of nitro benzene ring substituents is 1. The largest absolute Gasteiger partial charge is 0.345 e. The summed E-state index contributed by atoms with van der Waals surface area (Å²) in [6.07, 6.45) is 0. The number of carbonyl (C=O) groups excluding carboxylic acids is 1. The molecule has 2 rings (SSSR count). The zero-order chi connectivity index (χ0) is 20.2. The molecule has 0 unspecified atom stereocenters. The van der Waals surface area contributed by atoms with Crippen LogP contribution < -0.4 is 5.32 Å². The molecule has 0 atom stereocenters. The molecule has 0 saturated carbocycles. The van der Waals surface area contributed by atoms with Gasteiger partial charge in [0.05, 0.1) is 22.0 Å². The van der Waals surface area contributed by atoms with Gasteiger partial charge in [0, 0.05) is 17.7 Å². The molecule has 0 radical (unpaired) electrons. The van der Waals surface area contributed by atoms with E-state index in [9.17, 15) is 23.3 Å². The quantitative estimate of drug-likeness (QED) is 0.440. The maximum Gasteiger partial charge on any atom is 0.297 e. The van der Waals surface area contributed by atoms with Gasteiger partial charge in [-0.15, -0.1) is 0 Å². The van der Waals surface area contributed by atoms with Crippen molar-refractivity contribution in [1.29, 1.82) is 0 Å². The lowest BCUT2D eigenvalue weighted by molar-refractivity contribution is -0.384. The second-order valence-corrected chi connectivity index (χ2v) is 8.29. The fourth-order valence-corrected chi connectivity index (χ4v) is 3.20. The van der Waals surface area contributed by atoms with Crippen LogP contribution in [0.25, 0.3) is 0 Å². The Hall–Kier alpha value is -2.78. The lowest BCUT2D eigenvalue weighted by Gasteiger charge is -2.25. The molecule has 0 heterocycles. The number of aryl methyl sites for hydroxylation is 1. The molecule has 0 bridgehead atoms. The number of non-ortho nitro benzene ring substituents is 1. The van der Waals surface area contributed by atoms with Crippen molar-refractivity contribution in [2.75, 3.05) is 6.61 Å². The van der Waals surface area contributed by atoms with Gasteiger partial charge in [-0.3, -0.25) is 19.1 Å². The van der Waals surface area contributed by atoms with Gasteiger partial charge in [0.25, 0.3) is 21.7 Å². The summed E-state index contributed by atoms with van der Waals surface area (Å²) >= 11 is 0. The van der Waals surface area contributed by atoms with Crippen LogP contribution in [-0.4, -0.2) is 31.4 Å². The van der Waals surface area contributed by atoms with Crippen molar-refractivity contribution in [1.82, 2.24) is 5.32 Å². The van der Waals surface area contributed by atoms with Gasteiger partial charge in [0.1, 0.15) is 0 Å². The first kappa shape index (κ1) is 20.5. The molecule has 0 fully saturated rings. The third-order valence-corrected chi connectivity index (χ3v) is 4.95. The third-order valence-electron chi connectivity index (χ3n) is 3.68. The molecule has 27 heavy (non-hydrogen) atoms. The summed E-state index contributed by atoms with van der Waals surface area (Å²) in [5, 5.41) is 13.3. The Bertz CT molecular complexity index is 935. The molecule has 2 aromatic carbocycles. The molecule has 0 aliphatic carbocycles. The van der Waals surface area contributed by atoms with Gasteiger partial charge in [-0.05, 0) is 45.0 Å². The van der Waals surface area contributed by atoms with Crippen molar-refractivity contribution in [2.45, 2.75) is 31.2 Å². The fourth-order valence-electron chi connectivity index (χ4n) is 2.15. The molecule has 144 valence electrons. The van der Waals surface area contributed by atoms with E-state index in [1.807, 2.05) is 6.92 Å². The monoisotopic (exact) mass is 392 g/mol. The smallest absolute Gasteiger partial charge is 0.297 e. The van der Waals surface area contributed by atoms with E-state index in [2.05, 4.69) is 5.32 Å². The number of carbonyl (C=O) groups is 1. The van der Waals surface area contributed by atoms with Gasteiger partial charge in [-0.2, -0.15) is 8.42 Å². The lowest BCUT2D eigenvalue weighted by Crippen LogP contribution is -2.47. The molecule has 2 aromatic rings.